The van der Waals surface area contributed by atoms with Gasteiger partial charge >= 0.3 is 5.97 Å². The maximum atomic E-state index is 11.7. The number of rotatable bonds is 4. The molecule has 5 nitrogen and oxygen atoms in total. The summed E-state index contributed by atoms with van der Waals surface area (Å²) in [6.07, 6.45) is 4.30. The Bertz CT molecular complexity index is 324. The second-order valence-corrected chi connectivity index (χ2v) is 5.21. The van der Waals surface area contributed by atoms with Crippen LogP contribution in [0.25, 0.3) is 0 Å². The standard InChI is InChI=1S/C12H19NO4/c14-9-4-2-1-3-8(9)7-13-10(15)12(5-6-12)11(16)17/h8-9,14H,1-7H2,(H,13,15)(H,16,17)/t8-,9+/m0/s1. The first-order chi connectivity index (χ1) is 8.06. The van der Waals surface area contributed by atoms with Crippen molar-refractivity contribution >= 4 is 11.9 Å². The average Bonchev–Trinajstić information content (AvgIpc) is 3.08. The predicted octanol–water partition coefficient (Wildman–Crippen LogP) is 0.518. The minimum absolute atomic E-state index is 0.0808. The van der Waals surface area contributed by atoms with Gasteiger partial charge in [-0.3, -0.25) is 9.59 Å². The number of amides is 1. The number of hydrogen-bond donors (Lipinski definition) is 3. The molecule has 0 spiro atoms. The average molecular weight is 241 g/mol. The number of carboxylic acid groups (broad SMARTS) is 1. The fourth-order valence-corrected chi connectivity index (χ4v) is 2.48. The Labute approximate surface area is 100 Å². The summed E-state index contributed by atoms with van der Waals surface area (Å²) in [6.45, 7) is 0.398. The first kappa shape index (κ1) is 12.4. The molecule has 0 aliphatic heterocycles. The molecular formula is C12H19NO4. The van der Waals surface area contributed by atoms with Gasteiger partial charge in [0.1, 0.15) is 5.41 Å². The number of hydrogen-bond acceptors (Lipinski definition) is 3. The Hall–Kier alpha value is -1.10. The summed E-state index contributed by atoms with van der Waals surface area (Å²) in [7, 11) is 0. The SMILES string of the molecule is O=C(O)C1(C(=O)NC[C@@H]2CCCC[C@H]2O)CC1. The van der Waals surface area contributed by atoms with Crippen LogP contribution >= 0.6 is 0 Å². The first-order valence-electron chi connectivity index (χ1n) is 6.26. The molecule has 0 unspecified atom stereocenters. The lowest BCUT2D eigenvalue weighted by Crippen LogP contribution is -2.42. The molecule has 2 aliphatic carbocycles. The van der Waals surface area contributed by atoms with Crippen LogP contribution in [0.3, 0.4) is 0 Å². The number of aliphatic carboxylic acids is 1. The zero-order valence-corrected chi connectivity index (χ0v) is 9.82. The summed E-state index contributed by atoms with van der Waals surface area (Å²) >= 11 is 0. The molecule has 5 heteroatoms. The van der Waals surface area contributed by atoms with Gasteiger partial charge in [0.2, 0.25) is 5.91 Å². The second-order valence-electron chi connectivity index (χ2n) is 5.21. The van der Waals surface area contributed by atoms with Gasteiger partial charge in [0, 0.05) is 12.5 Å². The van der Waals surface area contributed by atoms with Gasteiger partial charge in [-0.25, -0.2) is 0 Å². The van der Waals surface area contributed by atoms with Crippen LogP contribution in [0.15, 0.2) is 0 Å². The molecule has 0 aromatic rings. The monoisotopic (exact) mass is 241 g/mol. The number of aliphatic hydroxyl groups excluding tert-OH is 1. The van der Waals surface area contributed by atoms with Gasteiger partial charge in [0.05, 0.1) is 6.10 Å². The number of carbonyl (C=O) groups is 2. The fourth-order valence-electron chi connectivity index (χ4n) is 2.48. The van der Waals surface area contributed by atoms with Gasteiger partial charge < -0.3 is 15.5 Å². The lowest BCUT2D eigenvalue weighted by Gasteiger charge is -2.28. The number of aliphatic hydroxyl groups is 1. The maximum absolute atomic E-state index is 11.7. The van der Waals surface area contributed by atoms with Crippen molar-refractivity contribution in [3.8, 4) is 0 Å². The van der Waals surface area contributed by atoms with E-state index in [2.05, 4.69) is 5.32 Å². The number of nitrogens with one attached hydrogen (secondary N) is 1. The molecule has 0 bridgehead atoms. The quantitative estimate of drug-likeness (QED) is 0.626. The minimum Gasteiger partial charge on any atom is -0.480 e. The van der Waals surface area contributed by atoms with E-state index in [-0.39, 0.29) is 17.9 Å². The van der Waals surface area contributed by atoms with Gasteiger partial charge in [0.15, 0.2) is 0 Å². The molecule has 0 aromatic heterocycles. The molecular weight excluding hydrogens is 222 g/mol. The molecule has 0 heterocycles. The molecule has 2 saturated carbocycles. The Balaban J connectivity index is 1.82. The lowest BCUT2D eigenvalue weighted by atomic mass is 9.86. The van der Waals surface area contributed by atoms with Crippen LogP contribution < -0.4 is 5.32 Å². The maximum Gasteiger partial charge on any atom is 0.319 e. The summed E-state index contributed by atoms with van der Waals surface area (Å²) in [4.78, 5) is 22.7. The molecule has 2 aliphatic rings. The van der Waals surface area contributed by atoms with E-state index in [1.807, 2.05) is 0 Å². The molecule has 2 fully saturated rings. The normalized spacial score (nSPS) is 30.6. The van der Waals surface area contributed by atoms with E-state index < -0.39 is 11.4 Å². The summed E-state index contributed by atoms with van der Waals surface area (Å²) < 4.78 is 0. The van der Waals surface area contributed by atoms with E-state index >= 15 is 0 Å². The van der Waals surface area contributed by atoms with Gasteiger partial charge in [0.25, 0.3) is 0 Å². The van der Waals surface area contributed by atoms with E-state index in [4.69, 9.17) is 5.11 Å². The van der Waals surface area contributed by atoms with Crippen LogP contribution in [0, 0.1) is 11.3 Å². The van der Waals surface area contributed by atoms with Crippen molar-refractivity contribution in [1.82, 2.24) is 5.32 Å². The Morgan fingerprint density at radius 2 is 1.88 bits per heavy atom. The molecule has 96 valence electrons. The summed E-state index contributed by atoms with van der Waals surface area (Å²) in [5, 5.41) is 21.4. The van der Waals surface area contributed by atoms with Crippen molar-refractivity contribution in [1.29, 1.82) is 0 Å². The van der Waals surface area contributed by atoms with E-state index in [9.17, 15) is 14.7 Å². The first-order valence-corrected chi connectivity index (χ1v) is 6.26. The highest BCUT2D eigenvalue weighted by Gasteiger charge is 2.57. The zero-order valence-electron chi connectivity index (χ0n) is 9.82. The fraction of sp³-hybridized carbons (Fsp3) is 0.833. The summed E-state index contributed by atoms with van der Waals surface area (Å²) in [5.41, 5.74) is -1.17. The van der Waals surface area contributed by atoms with Crippen molar-refractivity contribution < 1.29 is 19.8 Å². The molecule has 17 heavy (non-hydrogen) atoms. The Morgan fingerprint density at radius 1 is 1.24 bits per heavy atom. The third-order valence-corrected chi connectivity index (χ3v) is 3.99. The van der Waals surface area contributed by atoms with Crippen LogP contribution in [0.2, 0.25) is 0 Å². The van der Waals surface area contributed by atoms with Crippen molar-refractivity contribution in [2.75, 3.05) is 6.54 Å². The highest BCUT2D eigenvalue weighted by atomic mass is 16.4. The molecule has 2 atom stereocenters. The van der Waals surface area contributed by atoms with E-state index in [0.29, 0.717) is 19.4 Å². The van der Waals surface area contributed by atoms with Crippen molar-refractivity contribution in [2.24, 2.45) is 11.3 Å². The molecule has 0 aromatic carbocycles. The third-order valence-electron chi connectivity index (χ3n) is 3.99. The van der Waals surface area contributed by atoms with Crippen LogP contribution in [0.5, 0.6) is 0 Å². The lowest BCUT2D eigenvalue weighted by molar-refractivity contribution is -0.149. The molecule has 3 N–H and O–H groups in total. The largest absolute Gasteiger partial charge is 0.480 e. The number of carbonyl (C=O) groups excluding carboxylic acids is 1. The molecule has 0 radical (unpaired) electrons. The van der Waals surface area contributed by atoms with Crippen LogP contribution in [0.4, 0.5) is 0 Å². The van der Waals surface area contributed by atoms with Crippen LogP contribution in [-0.2, 0) is 9.59 Å². The van der Waals surface area contributed by atoms with Crippen molar-refractivity contribution in [3.05, 3.63) is 0 Å². The highest BCUT2D eigenvalue weighted by molar-refractivity contribution is 6.04. The van der Waals surface area contributed by atoms with Gasteiger partial charge in [-0.05, 0) is 25.7 Å². The summed E-state index contributed by atoms with van der Waals surface area (Å²) in [5.74, 6) is -1.33. The minimum atomic E-state index is -1.17. The molecule has 2 rings (SSSR count). The van der Waals surface area contributed by atoms with Crippen LogP contribution in [-0.4, -0.2) is 34.7 Å². The van der Waals surface area contributed by atoms with Crippen LogP contribution in [0.1, 0.15) is 38.5 Å². The van der Waals surface area contributed by atoms with E-state index in [1.165, 1.54) is 0 Å². The zero-order chi connectivity index (χ0) is 12.5. The Kier molecular flexibility index (Phi) is 3.38. The van der Waals surface area contributed by atoms with E-state index in [1.54, 1.807) is 0 Å². The highest BCUT2D eigenvalue weighted by Crippen LogP contribution is 2.46. The molecule has 1 amide bonds. The van der Waals surface area contributed by atoms with E-state index in [0.717, 1.165) is 25.7 Å². The number of carboxylic acids is 1. The van der Waals surface area contributed by atoms with Gasteiger partial charge in [-0.15, -0.1) is 0 Å². The predicted molar refractivity (Wildman–Crippen MR) is 60.3 cm³/mol. The summed E-state index contributed by atoms with van der Waals surface area (Å²) in [6, 6.07) is 0. The topological polar surface area (TPSA) is 86.6 Å². The third kappa shape index (κ3) is 2.44. The van der Waals surface area contributed by atoms with Crippen molar-refractivity contribution in [2.45, 2.75) is 44.6 Å². The molecule has 0 saturated heterocycles. The van der Waals surface area contributed by atoms with Gasteiger partial charge in [-0.1, -0.05) is 12.8 Å². The second kappa shape index (κ2) is 4.64. The van der Waals surface area contributed by atoms with Gasteiger partial charge in [-0.2, -0.15) is 0 Å². The Morgan fingerprint density at radius 3 is 2.41 bits per heavy atom. The van der Waals surface area contributed by atoms with Crippen molar-refractivity contribution in [3.63, 3.8) is 0 Å². The smallest absolute Gasteiger partial charge is 0.319 e.